The van der Waals surface area contributed by atoms with Gasteiger partial charge in [-0.1, -0.05) is 48.0 Å². The van der Waals surface area contributed by atoms with E-state index in [1.165, 1.54) is 6.08 Å². The molecule has 9 heteroatoms. The second-order valence-corrected chi connectivity index (χ2v) is 8.16. The highest BCUT2D eigenvalue weighted by atomic mass is 35.5. The number of aromatic amines is 1. The Hall–Kier alpha value is -4.82. The number of carboxylic acid groups (broad SMARTS) is 1. The van der Waals surface area contributed by atoms with Gasteiger partial charge in [0.25, 0.3) is 5.56 Å². The third-order valence-electron chi connectivity index (χ3n) is 5.48. The molecule has 5 aromatic rings. The Labute approximate surface area is 230 Å². The van der Waals surface area contributed by atoms with Crippen molar-refractivity contribution in [3.05, 3.63) is 112 Å². The van der Waals surface area contributed by atoms with E-state index in [1.807, 2.05) is 48.5 Å². The number of methoxy groups -OCH3 is 3. The molecule has 0 fully saturated rings. The van der Waals surface area contributed by atoms with Crippen LogP contribution in [0.2, 0.25) is 5.15 Å². The first kappa shape index (κ1) is 28.7. The van der Waals surface area contributed by atoms with E-state index in [0.29, 0.717) is 16.3 Å². The Morgan fingerprint density at radius 2 is 1.38 bits per heavy atom. The number of H-pyrrole nitrogens is 1. The number of fused-ring (bicyclic) bond motifs is 2. The predicted molar refractivity (Wildman–Crippen MR) is 154 cm³/mol. The lowest BCUT2D eigenvalue weighted by Crippen LogP contribution is -2.04. The number of rotatable bonds is 5. The van der Waals surface area contributed by atoms with Gasteiger partial charge in [-0.2, -0.15) is 0 Å². The molecule has 5 rings (SSSR count). The fourth-order valence-electron chi connectivity index (χ4n) is 3.66. The number of hydrogen-bond acceptors (Lipinski definition) is 6. The number of hydrogen-bond donors (Lipinski definition) is 2. The van der Waals surface area contributed by atoms with Gasteiger partial charge in [-0.05, 0) is 42.5 Å². The molecule has 3 aromatic carbocycles. The molecule has 2 heterocycles. The maximum atomic E-state index is 11.3. The van der Waals surface area contributed by atoms with Crippen LogP contribution in [0.25, 0.3) is 27.6 Å². The molecular formula is C30H27ClN2O6. The first-order chi connectivity index (χ1) is 18.9. The minimum atomic E-state index is -0.967. The van der Waals surface area contributed by atoms with E-state index in [2.05, 4.69) is 9.97 Å². The van der Waals surface area contributed by atoms with Crippen molar-refractivity contribution < 1.29 is 24.1 Å². The topological polar surface area (TPSA) is 111 Å². The summed E-state index contributed by atoms with van der Waals surface area (Å²) in [4.78, 5) is 28.2. The number of para-hydroxylation sites is 1. The summed E-state index contributed by atoms with van der Waals surface area (Å²) in [6.07, 6.45) is 5.87. The summed E-state index contributed by atoms with van der Waals surface area (Å²) < 4.78 is 15.4. The third kappa shape index (κ3) is 7.59. The molecule has 0 unspecified atom stereocenters. The normalized spacial score (nSPS) is 10.3. The lowest BCUT2D eigenvalue weighted by atomic mass is 10.1. The van der Waals surface area contributed by atoms with Gasteiger partial charge >= 0.3 is 5.97 Å². The zero-order valence-corrected chi connectivity index (χ0v) is 22.3. The molecule has 2 N–H and O–H groups in total. The van der Waals surface area contributed by atoms with Crippen molar-refractivity contribution in [3.8, 4) is 17.2 Å². The van der Waals surface area contributed by atoms with Crippen LogP contribution < -0.4 is 19.8 Å². The summed E-state index contributed by atoms with van der Waals surface area (Å²) in [7, 11) is 4.78. The van der Waals surface area contributed by atoms with Gasteiger partial charge in [0.2, 0.25) is 0 Å². The number of aliphatic carboxylic acids is 1. The second kappa shape index (κ2) is 14.2. The predicted octanol–water partition coefficient (Wildman–Crippen LogP) is 6.23. The minimum absolute atomic E-state index is 0.0867. The molecule has 8 nitrogen and oxygen atoms in total. The third-order valence-corrected chi connectivity index (χ3v) is 5.78. The monoisotopic (exact) mass is 546 g/mol. The second-order valence-electron chi connectivity index (χ2n) is 7.80. The van der Waals surface area contributed by atoms with Crippen LogP contribution in [0, 0.1) is 0 Å². The fraction of sp³-hybridized carbons (Fsp3) is 0.100. The van der Waals surface area contributed by atoms with E-state index in [1.54, 1.807) is 58.0 Å². The number of aromatic nitrogens is 2. The van der Waals surface area contributed by atoms with Gasteiger partial charge < -0.3 is 24.3 Å². The number of nitrogens with one attached hydrogen (secondary N) is 1. The van der Waals surface area contributed by atoms with Gasteiger partial charge in [0.1, 0.15) is 22.4 Å². The average molecular weight is 547 g/mol. The van der Waals surface area contributed by atoms with Crippen LogP contribution in [0.3, 0.4) is 0 Å². The lowest BCUT2D eigenvalue weighted by molar-refractivity contribution is -0.131. The molecule has 0 saturated heterocycles. The molecule has 2 aromatic heterocycles. The van der Waals surface area contributed by atoms with Crippen molar-refractivity contribution in [2.45, 2.75) is 0 Å². The molecule has 0 amide bonds. The molecule has 0 atom stereocenters. The molecule has 0 aliphatic heterocycles. The van der Waals surface area contributed by atoms with Crippen molar-refractivity contribution in [1.82, 2.24) is 9.97 Å². The molecule has 0 radical (unpaired) electrons. The Morgan fingerprint density at radius 1 is 0.795 bits per heavy atom. The van der Waals surface area contributed by atoms with Gasteiger partial charge in [-0.15, -0.1) is 0 Å². The van der Waals surface area contributed by atoms with Crippen LogP contribution in [0.4, 0.5) is 0 Å². The number of benzene rings is 3. The van der Waals surface area contributed by atoms with E-state index in [9.17, 15) is 9.59 Å². The van der Waals surface area contributed by atoms with E-state index in [4.69, 9.17) is 30.9 Å². The quantitative estimate of drug-likeness (QED) is 0.199. The lowest BCUT2D eigenvalue weighted by Gasteiger charge is -2.04. The van der Waals surface area contributed by atoms with Crippen LogP contribution in [-0.4, -0.2) is 42.4 Å². The first-order valence-corrected chi connectivity index (χ1v) is 12.0. The van der Waals surface area contributed by atoms with Gasteiger partial charge in [-0.3, -0.25) is 4.79 Å². The maximum Gasteiger partial charge on any atom is 0.328 e. The number of carbonyl (C=O) groups is 1. The SMILES string of the molecule is COc1cccc2c(=O)[nH]ccc12.COc1cccc2c(Cl)nccc12.COc1ccccc1/C=C/C(=O)O. The Kier molecular flexibility index (Phi) is 10.5. The van der Waals surface area contributed by atoms with Gasteiger partial charge in [-0.25, -0.2) is 9.78 Å². The molecule has 39 heavy (non-hydrogen) atoms. The summed E-state index contributed by atoms with van der Waals surface area (Å²) in [6, 6.07) is 22.1. The van der Waals surface area contributed by atoms with Gasteiger partial charge in [0, 0.05) is 40.2 Å². The van der Waals surface area contributed by atoms with E-state index in [0.717, 1.165) is 39.3 Å². The van der Waals surface area contributed by atoms with Crippen LogP contribution in [0.5, 0.6) is 17.2 Å². The van der Waals surface area contributed by atoms with Crippen molar-refractivity contribution in [1.29, 1.82) is 0 Å². The molecule has 0 spiro atoms. The number of pyridine rings is 2. The van der Waals surface area contributed by atoms with Gasteiger partial charge in [0.05, 0.1) is 26.7 Å². The largest absolute Gasteiger partial charge is 0.496 e. The van der Waals surface area contributed by atoms with Crippen LogP contribution in [-0.2, 0) is 4.79 Å². The molecular weight excluding hydrogens is 520 g/mol. The standard InChI is InChI=1S/C10H8ClNO.C10H9NO2.C10H10O3/c1-13-9-4-2-3-8-7(9)5-6-12-10(8)11;1-13-9-4-2-3-8-7(9)5-6-11-10(8)12;1-13-9-5-3-2-4-8(9)6-7-10(11)12/h2-6H,1H3;2-6H,1H3,(H,11,12);2-7H,1H3,(H,11,12)/b;;7-6+. The molecule has 200 valence electrons. The smallest absolute Gasteiger partial charge is 0.328 e. The van der Waals surface area contributed by atoms with Crippen molar-refractivity contribution >= 4 is 45.2 Å². The number of nitrogens with zero attached hydrogens (tertiary/aromatic N) is 1. The number of carboxylic acids is 1. The van der Waals surface area contributed by atoms with Crippen LogP contribution in [0.1, 0.15) is 5.56 Å². The molecule has 0 bridgehead atoms. The molecule has 0 aliphatic rings. The first-order valence-electron chi connectivity index (χ1n) is 11.6. The summed E-state index contributed by atoms with van der Waals surface area (Å²) in [6.45, 7) is 0. The Bertz CT molecular complexity index is 1650. The van der Waals surface area contributed by atoms with Crippen molar-refractivity contribution in [2.24, 2.45) is 0 Å². The van der Waals surface area contributed by atoms with E-state index < -0.39 is 5.97 Å². The van der Waals surface area contributed by atoms with Crippen LogP contribution >= 0.6 is 11.6 Å². The number of halogens is 1. The minimum Gasteiger partial charge on any atom is -0.496 e. The highest BCUT2D eigenvalue weighted by Crippen LogP contribution is 2.28. The van der Waals surface area contributed by atoms with Crippen molar-refractivity contribution in [2.75, 3.05) is 21.3 Å². The molecule has 0 aliphatic carbocycles. The Morgan fingerprint density at radius 3 is 2.03 bits per heavy atom. The highest BCUT2D eigenvalue weighted by molar-refractivity contribution is 6.34. The zero-order valence-electron chi connectivity index (χ0n) is 21.6. The molecule has 0 saturated carbocycles. The average Bonchev–Trinajstić information content (AvgIpc) is 2.97. The Balaban J connectivity index is 0.000000162. The summed E-state index contributed by atoms with van der Waals surface area (Å²) in [5, 5.41) is 12.3. The summed E-state index contributed by atoms with van der Waals surface area (Å²) >= 11 is 5.92. The fourth-order valence-corrected chi connectivity index (χ4v) is 3.88. The van der Waals surface area contributed by atoms with Gasteiger partial charge in [0.15, 0.2) is 0 Å². The van der Waals surface area contributed by atoms with Crippen molar-refractivity contribution in [3.63, 3.8) is 0 Å². The van der Waals surface area contributed by atoms with E-state index in [-0.39, 0.29) is 5.56 Å². The summed E-state index contributed by atoms with van der Waals surface area (Å²) in [5.41, 5.74) is 0.670. The highest BCUT2D eigenvalue weighted by Gasteiger charge is 2.04. The maximum absolute atomic E-state index is 11.3. The summed E-state index contributed by atoms with van der Waals surface area (Å²) in [5.74, 6) is 1.25. The van der Waals surface area contributed by atoms with Crippen LogP contribution in [0.15, 0.2) is 96.1 Å². The number of ether oxygens (including phenoxy) is 3. The van der Waals surface area contributed by atoms with E-state index >= 15 is 0 Å². The zero-order chi connectivity index (χ0) is 28.2.